The fourth-order valence-corrected chi connectivity index (χ4v) is 4.18. The van der Waals surface area contributed by atoms with Crippen molar-refractivity contribution in [1.82, 2.24) is 19.9 Å². The highest BCUT2D eigenvalue weighted by atomic mass is 32.1. The monoisotopic (exact) mass is 475 g/mol. The molecule has 3 aromatic rings. The molecular weight excluding hydrogens is 452 g/mol. The second kappa shape index (κ2) is 10.1. The van der Waals surface area contributed by atoms with Crippen molar-refractivity contribution in [3.8, 4) is 0 Å². The molecule has 0 aliphatic carbocycles. The van der Waals surface area contributed by atoms with Crippen molar-refractivity contribution in [2.75, 3.05) is 54.9 Å². The number of halogens is 2. The van der Waals surface area contributed by atoms with E-state index in [1.54, 1.807) is 6.92 Å². The number of hydrogen-bond acceptors (Lipinski definition) is 9. The van der Waals surface area contributed by atoms with Crippen molar-refractivity contribution in [2.45, 2.75) is 6.92 Å². The quantitative estimate of drug-likeness (QED) is 0.479. The van der Waals surface area contributed by atoms with Gasteiger partial charge >= 0.3 is 0 Å². The van der Waals surface area contributed by atoms with Gasteiger partial charge in [-0.05, 0) is 19.1 Å². The molecule has 33 heavy (non-hydrogen) atoms. The summed E-state index contributed by atoms with van der Waals surface area (Å²) in [5.41, 5.74) is -0.499. The van der Waals surface area contributed by atoms with Crippen LogP contribution in [0.2, 0.25) is 0 Å². The standard InChI is InChI=1S/C21H23F2N7O2S/c1-13-25-17(11-18(26-13)30-7-5-29(6-8-30)9-10-31)27-21-24-12-16(33-21)20(32)28-19-14(22)3-2-4-15(19)23/h2-4,11-12,31H,5-10H2,1H3,(H,28,32)(H,24,25,26,27). The van der Waals surface area contributed by atoms with Crippen LogP contribution >= 0.6 is 11.3 Å². The fourth-order valence-electron chi connectivity index (χ4n) is 3.46. The number of amides is 1. The Hall–Kier alpha value is -3.22. The number of aliphatic hydroxyl groups is 1. The second-order valence-corrected chi connectivity index (χ2v) is 8.45. The van der Waals surface area contributed by atoms with E-state index < -0.39 is 23.2 Å². The lowest BCUT2D eigenvalue weighted by molar-refractivity contribution is 0.102. The molecule has 9 nitrogen and oxygen atoms in total. The van der Waals surface area contributed by atoms with Gasteiger partial charge in [0.05, 0.1) is 12.8 Å². The molecule has 0 bridgehead atoms. The molecular formula is C21H23F2N7O2S. The molecule has 1 fully saturated rings. The van der Waals surface area contributed by atoms with Gasteiger partial charge in [0.15, 0.2) is 5.13 Å². The van der Waals surface area contributed by atoms with E-state index in [2.05, 4.69) is 35.4 Å². The predicted molar refractivity (Wildman–Crippen MR) is 122 cm³/mol. The van der Waals surface area contributed by atoms with E-state index in [9.17, 15) is 13.6 Å². The number of nitrogens with one attached hydrogen (secondary N) is 2. The summed E-state index contributed by atoms with van der Waals surface area (Å²) < 4.78 is 27.6. The van der Waals surface area contributed by atoms with Crippen LogP contribution in [0.25, 0.3) is 0 Å². The van der Waals surface area contributed by atoms with Crippen LogP contribution in [-0.4, -0.2) is 70.2 Å². The summed E-state index contributed by atoms with van der Waals surface area (Å²) in [7, 11) is 0. The SMILES string of the molecule is Cc1nc(Nc2ncc(C(=O)Nc3c(F)cccc3F)s2)cc(N2CCN(CCO)CC2)n1. The third-order valence-corrected chi connectivity index (χ3v) is 6.01. The number of carbonyl (C=O) groups is 1. The van der Waals surface area contributed by atoms with Crippen molar-refractivity contribution in [2.24, 2.45) is 0 Å². The number of thiazole rings is 1. The highest BCUT2D eigenvalue weighted by Gasteiger charge is 2.19. The number of hydrogen-bond donors (Lipinski definition) is 3. The van der Waals surface area contributed by atoms with E-state index >= 15 is 0 Å². The zero-order valence-corrected chi connectivity index (χ0v) is 18.7. The number of aryl methyl sites for hydroxylation is 1. The molecule has 3 N–H and O–H groups in total. The summed E-state index contributed by atoms with van der Waals surface area (Å²) in [6.45, 7) is 5.82. The highest BCUT2D eigenvalue weighted by molar-refractivity contribution is 7.17. The predicted octanol–water partition coefficient (Wildman–Crippen LogP) is 2.63. The summed E-state index contributed by atoms with van der Waals surface area (Å²) in [6.07, 6.45) is 1.33. The topological polar surface area (TPSA) is 107 Å². The Morgan fingerprint density at radius 3 is 2.61 bits per heavy atom. The van der Waals surface area contributed by atoms with Gasteiger partial charge < -0.3 is 20.6 Å². The summed E-state index contributed by atoms with van der Waals surface area (Å²) >= 11 is 1.04. The van der Waals surface area contributed by atoms with Crippen molar-refractivity contribution < 1.29 is 18.7 Å². The minimum Gasteiger partial charge on any atom is -0.395 e. The zero-order chi connectivity index (χ0) is 23.4. The van der Waals surface area contributed by atoms with E-state index in [-0.39, 0.29) is 11.5 Å². The number of benzene rings is 1. The number of piperazine rings is 1. The van der Waals surface area contributed by atoms with Crippen LogP contribution in [0.5, 0.6) is 0 Å². The number of para-hydroxylation sites is 1. The van der Waals surface area contributed by atoms with Crippen molar-refractivity contribution in [3.05, 3.63) is 52.8 Å². The number of nitrogens with zero attached hydrogens (tertiary/aromatic N) is 5. The van der Waals surface area contributed by atoms with Gasteiger partial charge in [-0.3, -0.25) is 9.69 Å². The minimum atomic E-state index is -0.854. The van der Waals surface area contributed by atoms with Gasteiger partial charge in [-0.15, -0.1) is 0 Å². The number of aromatic nitrogens is 3. The third kappa shape index (κ3) is 5.59. The van der Waals surface area contributed by atoms with Crippen molar-refractivity contribution in [1.29, 1.82) is 0 Å². The van der Waals surface area contributed by atoms with Gasteiger partial charge in [0.2, 0.25) is 0 Å². The molecule has 1 aromatic carbocycles. The number of anilines is 4. The van der Waals surface area contributed by atoms with Gasteiger partial charge in [0.1, 0.15) is 39.7 Å². The Morgan fingerprint density at radius 1 is 1.18 bits per heavy atom. The average molecular weight is 476 g/mol. The Kier molecular flexibility index (Phi) is 7.06. The van der Waals surface area contributed by atoms with Crippen LogP contribution < -0.4 is 15.5 Å². The summed E-state index contributed by atoms with van der Waals surface area (Å²) in [5, 5.41) is 14.8. The summed E-state index contributed by atoms with van der Waals surface area (Å²) in [6, 6.07) is 5.17. The van der Waals surface area contributed by atoms with Crippen molar-refractivity contribution in [3.63, 3.8) is 0 Å². The number of aliphatic hydroxyl groups excluding tert-OH is 1. The van der Waals surface area contributed by atoms with E-state index in [0.717, 1.165) is 55.5 Å². The molecule has 2 aromatic heterocycles. The molecule has 0 spiro atoms. The second-order valence-electron chi connectivity index (χ2n) is 7.42. The van der Waals surface area contributed by atoms with Crippen LogP contribution in [0.3, 0.4) is 0 Å². The largest absolute Gasteiger partial charge is 0.395 e. The van der Waals surface area contributed by atoms with Gasteiger partial charge in [-0.25, -0.2) is 23.7 Å². The van der Waals surface area contributed by atoms with E-state index in [1.807, 2.05) is 6.07 Å². The van der Waals surface area contributed by atoms with Crippen LogP contribution in [0.4, 0.5) is 31.2 Å². The molecule has 3 heterocycles. The Labute approximate surface area is 193 Å². The fraction of sp³-hybridized carbons (Fsp3) is 0.333. The minimum absolute atomic E-state index is 0.143. The lowest BCUT2D eigenvalue weighted by atomic mass is 10.3. The number of β-amino-alcohol motifs (C(OH)–C–C–N with tert-alkyl or cyclic N) is 1. The normalized spacial score (nSPS) is 14.4. The van der Waals surface area contributed by atoms with Crippen molar-refractivity contribution >= 4 is 39.7 Å². The smallest absolute Gasteiger partial charge is 0.267 e. The maximum atomic E-state index is 13.8. The molecule has 1 aliphatic heterocycles. The maximum Gasteiger partial charge on any atom is 0.267 e. The summed E-state index contributed by atoms with van der Waals surface area (Å²) in [4.78, 5) is 30.0. The van der Waals surface area contributed by atoms with E-state index in [1.165, 1.54) is 12.3 Å². The molecule has 0 radical (unpaired) electrons. The van der Waals surface area contributed by atoms with Crippen LogP contribution in [0.1, 0.15) is 15.5 Å². The highest BCUT2D eigenvalue weighted by Crippen LogP contribution is 2.26. The van der Waals surface area contributed by atoms with Gasteiger partial charge in [-0.1, -0.05) is 17.4 Å². The van der Waals surface area contributed by atoms with Crippen LogP contribution in [-0.2, 0) is 0 Å². The Balaban J connectivity index is 1.43. The molecule has 0 atom stereocenters. The first kappa shape index (κ1) is 23.0. The van der Waals surface area contributed by atoms with E-state index in [0.29, 0.717) is 23.3 Å². The lowest BCUT2D eigenvalue weighted by Crippen LogP contribution is -2.47. The Morgan fingerprint density at radius 2 is 1.91 bits per heavy atom. The average Bonchev–Trinajstić information content (AvgIpc) is 3.25. The Bertz CT molecular complexity index is 1120. The molecule has 4 rings (SSSR count). The maximum absolute atomic E-state index is 13.8. The first-order chi connectivity index (χ1) is 15.9. The lowest BCUT2D eigenvalue weighted by Gasteiger charge is -2.35. The molecule has 174 valence electrons. The molecule has 0 unspecified atom stereocenters. The number of rotatable bonds is 7. The molecule has 1 amide bonds. The van der Waals surface area contributed by atoms with Crippen LogP contribution in [0.15, 0.2) is 30.5 Å². The molecule has 1 aliphatic rings. The van der Waals surface area contributed by atoms with Gasteiger partial charge in [0.25, 0.3) is 5.91 Å². The zero-order valence-electron chi connectivity index (χ0n) is 17.9. The van der Waals surface area contributed by atoms with Gasteiger partial charge in [-0.2, -0.15) is 0 Å². The number of carbonyl (C=O) groups excluding carboxylic acids is 1. The summed E-state index contributed by atoms with van der Waals surface area (Å²) in [5.74, 6) is -0.489. The molecule has 1 saturated heterocycles. The van der Waals surface area contributed by atoms with E-state index in [4.69, 9.17) is 5.11 Å². The first-order valence-electron chi connectivity index (χ1n) is 10.3. The van der Waals surface area contributed by atoms with Crippen LogP contribution in [0, 0.1) is 18.6 Å². The van der Waals surface area contributed by atoms with Gasteiger partial charge in [0, 0.05) is 38.8 Å². The third-order valence-electron chi connectivity index (χ3n) is 5.10. The first-order valence-corrected chi connectivity index (χ1v) is 11.2. The molecule has 12 heteroatoms. The molecule has 0 saturated carbocycles.